The zero-order valence-electron chi connectivity index (χ0n) is 9.46. The number of benzene rings is 1. The van der Waals surface area contributed by atoms with Gasteiger partial charge in [-0.2, -0.15) is 0 Å². The summed E-state index contributed by atoms with van der Waals surface area (Å²) in [5, 5.41) is 0. The van der Waals surface area contributed by atoms with E-state index in [4.69, 9.17) is 4.74 Å². The number of esters is 1. The molecule has 0 saturated carbocycles. The number of hydrogen-bond donors (Lipinski definition) is 0. The van der Waals surface area contributed by atoms with Crippen LogP contribution in [0.1, 0.15) is 17.4 Å². The molecule has 0 bridgehead atoms. The summed E-state index contributed by atoms with van der Waals surface area (Å²) in [5.41, 5.74) is 1.94. The molecule has 2 rings (SSSR count). The summed E-state index contributed by atoms with van der Waals surface area (Å²) >= 11 is 0. The Morgan fingerprint density at radius 2 is 2.00 bits per heavy atom. The molecule has 4 nitrogen and oxygen atoms in total. The first-order valence-corrected chi connectivity index (χ1v) is 5.36. The number of hydrogen-bond acceptors (Lipinski definition) is 4. The van der Waals surface area contributed by atoms with Gasteiger partial charge in [-0.15, -0.1) is 0 Å². The molecule has 0 aliphatic rings. The van der Waals surface area contributed by atoms with Gasteiger partial charge in [0.05, 0.1) is 12.3 Å². The van der Waals surface area contributed by atoms with Crippen molar-refractivity contribution < 1.29 is 9.53 Å². The fourth-order valence-electron chi connectivity index (χ4n) is 1.44. The first-order chi connectivity index (χ1) is 8.31. The molecule has 17 heavy (non-hydrogen) atoms. The molecule has 0 amide bonds. The van der Waals surface area contributed by atoms with Crippen molar-refractivity contribution in [2.75, 3.05) is 6.61 Å². The van der Waals surface area contributed by atoms with Crippen LogP contribution in [0.4, 0.5) is 0 Å². The first kappa shape index (κ1) is 11.3. The van der Waals surface area contributed by atoms with Crippen LogP contribution in [0.3, 0.4) is 0 Å². The Balaban J connectivity index is 2.32. The van der Waals surface area contributed by atoms with E-state index in [1.807, 2.05) is 30.3 Å². The van der Waals surface area contributed by atoms with E-state index < -0.39 is 5.97 Å². The maximum atomic E-state index is 11.5. The van der Waals surface area contributed by atoms with Crippen LogP contribution in [0.5, 0.6) is 0 Å². The third-order valence-electron chi connectivity index (χ3n) is 2.22. The molecule has 0 unspecified atom stereocenters. The topological polar surface area (TPSA) is 52.1 Å². The molecule has 4 heteroatoms. The van der Waals surface area contributed by atoms with Crippen molar-refractivity contribution in [3.63, 3.8) is 0 Å². The predicted molar refractivity (Wildman–Crippen MR) is 63.4 cm³/mol. The van der Waals surface area contributed by atoms with Gasteiger partial charge >= 0.3 is 5.97 Å². The SMILES string of the molecule is CCOC(=O)c1cc(-c2ccccc2)ncn1. The van der Waals surface area contributed by atoms with Crippen molar-refractivity contribution >= 4 is 5.97 Å². The molecule has 0 saturated heterocycles. The average molecular weight is 228 g/mol. The van der Waals surface area contributed by atoms with Crippen molar-refractivity contribution in [2.24, 2.45) is 0 Å². The summed E-state index contributed by atoms with van der Waals surface area (Å²) in [6, 6.07) is 11.3. The summed E-state index contributed by atoms with van der Waals surface area (Å²) < 4.78 is 4.89. The fraction of sp³-hybridized carbons (Fsp3) is 0.154. The maximum Gasteiger partial charge on any atom is 0.357 e. The number of carbonyl (C=O) groups is 1. The van der Waals surface area contributed by atoms with Crippen LogP contribution in [0, 0.1) is 0 Å². The van der Waals surface area contributed by atoms with E-state index in [2.05, 4.69) is 9.97 Å². The van der Waals surface area contributed by atoms with Gasteiger partial charge in [-0.1, -0.05) is 30.3 Å². The second-order valence-electron chi connectivity index (χ2n) is 3.37. The van der Waals surface area contributed by atoms with E-state index in [0.29, 0.717) is 12.3 Å². The van der Waals surface area contributed by atoms with E-state index in [0.717, 1.165) is 5.56 Å². The van der Waals surface area contributed by atoms with Gasteiger partial charge in [-0.05, 0) is 13.0 Å². The summed E-state index contributed by atoms with van der Waals surface area (Å²) in [6.07, 6.45) is 1.37. The van der Waals surface area contributed by atoms with Crippen LogP contribution in [0.15, 0.2) is 42.7 Å². The Bertz CT molecular complexity index is 512. The molecule has 0 spiro atoms. The van der Waals surface area contributed by atoms with E-state index in [-0.39, 0.29) is 5.69 Å². The van der Waals surface area contributed by atoms with Crippen molar-refractivity contribution in [2.45, 2.75) is 6.92 Å². The lowest BCUT2D eigenvalue weighted by atomic mass is 10.1. The molecule has 0 radical (unpaired) electrons. The van der Waals surface area contributed by atoms with Crippen LogP contribution < -0.4 is 0 Å². The summed E-state index contributed by atoms with van der Waals surface area (Å²) in [5.74, 6) is -0.424. The molecule has 0 aliphatic heterocycles. The molecule has 1 heterocycles. The standard InChI is InChI=1S/C13H12N2O2/c1-2-17-13(16)12-8-11(14-9-15-12)10-6-4-3-5-7-10/h3-9H,2H2,1H3. The van der Waals surface area contributed by atoms with Crippen LogP contribution in [0.25, 0.3) is 11.3 Å². The third kappa shape index (κ3) is 2.66. The lowest BCUT2D eigenvalue weighted by Crippen LogP contribution is -2.07. The van der Waals surface area contributed by atoms with Crippen LogP contribution in [0.2, 0.25) is 0 Å². The van der Waals surface area contributed by atoms with Gasteiger partial charge in [-0.25, -0.2) is 14.8 Å². The van der Waals surface area contributed by atoms with Gasteiger partial charge in [0.25, 0.3) is 0 Å². The zero-order chi connectivity index (χ0) is 12.1. The second-order valence-corrected chi connectivity index (χ2v) is 3.37. The Labute approximate surface area is 99.3 Å². The quantitative estimate of drug-likeness (QED) is 0.756. The molecule has 1 aromatic carbocycles. The van der Waals surface area contributed by atoms with Crippen molar-refractivity contribution in [1.29, 1.82) is 0 Å². The monoisotopic (exact) mass is 228 g/mol. The molecule has 1 aromatic heterocycles. The van der Waals surface area contributed by atoms with Crippen molar-refractivity contribution in [1.82, 2.24) is 9.97 Å². The number of nitrogens with zero attached hydrogens (tertiary/aromatic N) is 2. The Morgan fingerprint density at radius 3 is 2.71 bits per heavy atom. The zero-order valence-corrected chi connectivity index (χ0v) is 9.46. The highest BCUT2D eigenvalue weighted by Gasteiger charge is 2.09. The van der Waals surface area contributed by atoms with Crippen molar-refractivity contribution in [3.05, 3.63) is 48.4 Å². The van der Waals surface area contributed by atoms with Gasteiger partial charge in [0.1, 0.15) is 6.33 Å². The number of ether oxygens (including phenoxy) is 1. The minimum absolute atomic E-state index is 0.278. The fourth-order valence-corrected chi connectivity index (χ4v) is 1.44. The van der Waals surface area contributed by atoms with Gasteiger partial charge in [0, 0.05) is 5.56 Å². The minimum Gasteiger partial charge on any atom is -0.461 e. The van der Waals surface area contributed by atoms with E-state index in [1.165, 1.54) is 6.33 Å². The van der Waals surface area contributed by atoms with Crippen LogP contribution in [-0.4, -0.2) is 22.5 Å². The van der Waals surface area contributed by atoms with Gasteiger partial charge in [0.2, 0.25) is 0 Å². The highest BCUT2D eigenvalue weighted by Crippen LogP contribution is 2.16. The van der Waals surface area contributed by atoms with Crippen LogP contribution in [-0.2, 0) is 4.74 Å². The van der Waals surface area contributed by atoms with Gasteiger partial charge in [-0.3, -0.25) is 0 Å². The lowest BCUT2D eigenvalue weighted by molar-refractivity contribution is 0.0519. The smallest absolute Gasteiger partial charge is 0.357 e. The third-order valence-corrected chi connectivity index (χ3v) is 2.22. The number of aromatic nitrogens is 2. The average Bonchev–Trinajstić information content (AvgIpc) is 2.40. The lowest BCUT2D eigenvalue weighted by Gasteiger charge is -2.03. The van der Waals surface area contributed by atoms with E-state index in [9.17, 15) is 4.79 Å². The summed E-state index contributed by atoms with van der Waals surface area (Å²) in [4.78, 5) is 19.5. The van der Waals surface area contributed by atoms with E-state index >= 15 is 0 Å². The Kier molecular flexibility index (Phi) is 3.45. The number of rotatable bonds is 3. The van der Waals surface area contributed by atoms with Gasteiger partial charge in [0.15, 0.2) is 5.69 Å². The van der Waals surface area contributed by atoms with E-state index in [1.54, 1.807) is 13.0 Å². The maximum absolute atomic E-state index is 11.5. The second kappa shape index (κ2) is 5.21. The molecule has 0 N–H and O–H groups in total. The first-order valence-electron chi connectivity index (χ1n) is 5.36. The molecule has 0 aliphatic carbocycles. The number of carbonyl (C=O) groups excluding carboxylic acids is 1. The summed E-state index contributed by atoms with van der Waals surface area (Å²) in [7, 11) is 0. The molecule has 0 fully saturated rings. The molecule has 0 atom stereocenters. The molecular formula is C13H12N2O2. The molecular weight excluding hydrogens is 216 g/mol. The van der Waals surface area contributed by atoms with Crippen molar-refractivity contribution in [3.8, 4) is 11.3 Å². The van der Waals surface area contributed by atoms with Crippen LogP contribution >= 0.6 is 0 Å². The Hall–Kier alpha value is -2.23. The predicted octanol–water partition coefficient (Wildman–Crippen LogP) is 2.32. The highest BCUT2D eigenvalue weighted by molar-refractivity contribution is 5.88. The normalized spacial score (nSPS) is 9.94. The molecule has 2 aromatic rings. The highest BCUT2D eigenvalue weighted by atomic mass is 16.5. The molecule has 86 valence electrons. The van der Waals surface area contributed by atoms with Gasteiger partial charge < -0.3 is 4.74 Å². The largest absolute Gasteiger partial charge is 0.461 e. The Morgan fingerprint density at radius 1 is 1.24 bits per heavy atom. The minimum atomic E-state index is -0.424. The summed E-state index contributed by atoms with van der Waals surface area (Å²) in [6.45, 7) is 2.10.